The molecule has 17 heavy (non-hydrogen) atoms. The van der Waals surface area contributed by atoms with Gasteiger partial charge in [0.05, 0.1) is 0 Å². The zero-order valence-corrected chi connectivity index (χ0v) is 10.2. The Balaban J connectivity index is 2.27. The lowest BCUT2D eigenvalue weighted by atomic mass is 10.3. The lowest BCUT2D eigenvalue weighted by molar-refractivity contribution is -0.127. The molecule has 1 unspecified atom stereocenters. The van der Waals surface area contributed by atoms with Crippen LogP contribution in [-0.2, 0) is 4.79 Å². The quantitative estimate of drug-likeness (QED) is 0.702. The highest BCUT2D eigenvalue weighted by Crippen LogP contribution is 2.10. The zero-order valence-electron chi connectivity index (χ0n) is 10.2. The van der Waals surface area contributed by atoms with E-state index in [1.54, 1.807) is 6.92 Å². The molecule has 0 heterocycles. The SMILES string of the molecule is CC(Oc1ccccc1)C(=O)NCCCCN. The lowest BCUT2D eigenvalue weighted by Gasteiger charge is -2.14. The Morgan fingerprint density at radius 1 is 1.35 bits per heavy atom. The standard InChI is InChI=1S/C13H20N2O2/c1-11(13(16)15-10-6-5-9-14)17-12-7-3-2-4-8-12/h2-4,7-8,11H,5-6,9-10,14H2,1H3,(H,15,16). The molecular formula is C13H20N2O2. The van der Waals surface area contributed by atoms with Gasteiger partial charge in [0.15, 0.2) is 6.10 Å². The van der Waals surface area contributed by atoms with Gasteiger partial charge < -0.3 is 15.8 Å². The van der Waals surface area contributed by atoms with Gasteiger partial charge in [0.2, 0.25) is 0 Å². The monoisotopic (exact) mass is 236 g/mol. The summed E-state index contributed by atoms with van der Waals surface area (Å²) in [5, 5.41) is 2.82. The Bertz CT molecular complexity index is 327. The van der Waals surface area contributed by atoms with Crippen LogP contribution >= 0.6 is 0 Å². The molecule has 1 amide bonds. The molecule has 94 valence electrons. The summed E-state index contributed by atoms with van der Waals surface area (Å²) in [7, 11) is 0. The molecule has 0 bridgehead atoms. The van der Waals surface area contributed by atoms with E-state index >= 15 is 0 Å². The average Bonchev–Trinajstić information content (AvgIpc) is 2.35. The van der Waals surface area contributed by atoms with E-state index in [9.17, 15) is 4.79 Å². The molecule has 3 N–H and O–H groups in total. The highest BCUT2D eigenvalue weighted by Gasteiger charge is 2.13. The minimum atomic E-state index is -0.477. The molecule has 0 aliphatic carbocycles. The van der Waals surface area contributed by atoms with E-state index in [1.165, 1.54) is 0 Å². The third-order valence-electron chi connectivity index (χ3n) is 2.36. The van der Waals surface area contributed by atoms with Crippen molar-refractivity contribution in [3.63, 3.8) is 0 Å². The summed E-state index contributed by atoms with van der Waals surface area (Å²) in [6, 6.07) is 9.32. The molecule has 0 aliphatic rings. The first-order valence-corrected chi connectivity index (χ1v) is 5.93. The van der Waals surface area contributed by atoms with E-state index in [1.807, 2.05) is 30.3 Å². The third kappa shape index (κ3) is 5.36. The van der Waals surface area contributed by atoms with Crippen molar-refractivity contribution in [1.29, 1.82) is 0 Å². The van der Waals surface area contributed by atoms with Gasteiger partial charge in [-0.15, -0.1) is 0 Å². The summed E-state index contributed by atoms with van der Waals surface area (Å²) in [4.78, 5) is 11.6. The van der Waals surface area contributed by atoms with Gasteiger partial charge in [0.1, 0.15) is 5.75 Å². The molecule has 1 aromatic carbocycles. The van der Waals surface area contributed by atoms with Crippen molar-refractivity contribution in [1.82, 2.24) is 5.32 Å². The summed E-state index contributed by atoms with van der Waals surface area (Å²) in [6.45, 7) is 3.05. The Labute approximate surface area is 102 Å². The van der Waals surface area contributed by atoms with Crippen LogP contribution in [0.15, 0.2) is 30.3 Å². The van der Waals surface area contributed by atoms with Crippen LogP contribution in [0.1, 0.15) is 19.8 Å². The summed E-state index contributed by atoms with van der Waals surface area (Å²) in [5.41, 5.74) is 5.37. The molecule has 1 atom stereocenters. The normalized spacial score (nSPS) is 11.9. The van der Waals surface area contributed by atoms with Crippen molar-refractivity contribution >= 4 is 5.91 Å². The molecule has 0 saturated carbocycles. The van der Waals surface area contributed by atoms with Gasteiger partial charge in [-0.1, -0.05) is 18.2 Å². The van der Waals surface area contributed by atoms with E-state index in [2.05, 4.69) is 5.32 Å². The zero-order chi connectivity index (χ0) is 12.5. The van der Waals surface area contributed by atoms with Crippen LogP contribution in [0.25, 0.3) is 0 Å². The Morgan fingerprint density at radius 3 is 2.71 bits per heavy atom. The maximum Gasteiger partial charge on any atom is 0.260 e. The van der Waals surface area contributed by atoms with Crippen molar-refractivity contribution in [2.75, 3.05) is 13.1 Å². The maximum atomic E-state index is 11.6. The molecule has 1 rings (SSSR count). The first-order chi connectivity index (χ1) is 8.24. The topological polar surface area (TPSA) is 64.3 Å². The Morgan fingerprint density at radius 2 is 2.06 bits per heavy atom. The van der Waals surface area contributed by atoms with Crippen LogP contribution in [0.5, 0.6) is 5.75 Å². The molecular weight excluding hydrogens is 216 g/mol. The van der Waals surface area contributed by atoms with Crippen molar-refractivity contribution in [3.05, 3.63) is 30.3 Å². The molecule has 4 heteroatoms. The third-order valence-corrected chi connectivity index (χ3v) is 2.36. The van der Waals surface area contributed by atoms with Crippen molar-refractivity contribution < 1.29 is 9.53 Å². The highest BCUT2D eigenvalue weighted by molar-refractivity contribution is 5.80. The number of hydrogen-bond acceptors (Lipinski definition) is 3. The minimum absolute atomic E-state index is 0.0918. The van der Waals surface area contributed by atoms with Crippen molar-refractivity contribution in [2.45, 2.75) is 25.9 Å². The summed E-state index contributed by atoms with van der Waals surface area (Å²) < 4.78 is 5.50. The second-order valence-corrected chi connectivity index (χ2v) is 3.86. The number of nitrogens with one attached hydrogen (secondary N) is 1. The van der Waals surface area contributed by atoms with Gasteiger partial charge in [0, 0.05) is 6.54 Å². The smallest absolute Gasteiger partial charge is 0.260 e. The molecule has 0 aliphatic heterocycles. The number of amides is 1. The fourth-order valence-corrected chi connectivity index (χ4v) is 1.38. The summed E-state index contributed by atoms with van der Waals surface area (Å²) >= 11 is 0. The molecule has 4 nitrogen and oxygen atoms in total. The van der Waals surface area contributed by atoms with Crippen LogP contribution < -0.4 is 15.8 Å². The number of unbranched alkanes of at least 4 members (excludes halogenated alkanes) is 1. The second-order valence-electron chi connectivity index (χ2n) is 3.86. The van der Waals surface area contributed by atoms with Gasteiger partial charge in [-0.2, -0.15) is 0 Å². The van der Waals surface area contributed by atoms with Gasteiger partial charge in [0.25, 0.3) is 5.91 Å². The molecule has 0 spiro atoms. The van der Waals surface area contributed by atoms with Crippen LogP contribution in [0, 0.1) is 0 Å². The van der Waals surface area contributed by atoms with Crippen LogP contribution in [0.4, 0.5) is 0 Å². The van der Waals surface area contributed by atoms with Crippen LogP contribution in [0.3, 0.4) is 0 Å². The number of para-hydroxylation sites is 1. The van der Waals surface area contributed by atoms with E-state index in [-0.39, 0.29) is 5.91 Å². The van der Waals surface area contributed by atoms with E-state index < -0.39 is 6.10 Å². The number of carbonyl (C=O) groups is 1. The molecule has 0 saturated heterocycles. The summed E-state index contributed by atoms with van der Waals surface area (Å²) in [6.07, 6.45) is 1.35. The van der Waals surface area contributed by atoms with Crippen molar-refractivity contribution in [3.8, 4) is 5.75 Å². The Kier molecular flexibility index (Phi) is 6.10. The van der Waals surface area contributed by atoms with Crippen LogP contribution in [0.2, 0.25) is 0 Å². The number of carbonyl (C=O) groups excluding carboxylic acids is 1. The molecule has 0 fully saturated rings. The average molecular weight is 236 g/mol. The summed E-state index contributed by atoms with van der Waals surface area (Å²) in [5.74, 6) is 0.614. The fourth-order valence-electron chi connectivity index (χ4n) is 1.38. The number of nitrogens with two attached hydrogens (primary N) is 1. The number of hydrogen-bond donors (Lipinski definition) is 2. The fraction of sp³-hybridized carbons (Fsp3) is 0.462. The molecule has 0 aromatic heterocycles. The molecule has 0 radical (unpaired) electrons. The predicted octanol–water partition coefficient (Wildman–Crippen LogP) is 1.31. The molecule has 1 aromatic rings. The Hall–Kier alpha value is -1.55. The van der Waals surface area contributed by atoms with Gasteiger partial charge in [-0.3, -0.25) is 4.79 Å². The minimum Gasteiger partial charge on any atom is -0.481 e. The highest BCUT2D eigenvalue weighted by atomic mass is 16.5. The van der Waals surface area contributed by atoms with Crippen LogP contribution in [-0.4, -0.2) is 25.1 Å². The number of benzene rings is 1. The van der Waals surface area contributed by atoms with Gasteiger partial charge in [-0.05, 0) is 38.4 Å². The van der Waals surface area contributed by atoms with Gasteiger partial charge >= 0.3 is 0 Å². The largest absolute Gasteiger partial charge is 0.481 e. The van der Waals surface area contributed by atoms with E-state index in [0.717, 1.165) is 12.8 Å². The number of rotatable bonds is 7. The van der Waals surface area contributed by atoms with E-state index in [0.29, 0.717) is 18.8 Å². The number of ether oxygens (including phenoxy) is 1. The van der Waals surface area contributed by atoms with E-state index in [4.69, 9.17) is 10.5 Å². The maximum absolute atomic E-state index is 11.6. The second kappa shape index (κ2) is 7.68. The van der Waals surface area contributed by atoms with Gasteiger partial charge in [-0.25, -0.2) is 0 Å². The van der Waals surface area contributed by atoms with Crippen molar-refractivity contribution in [2.24, 2.45) is 5.73 Å². The first-order valence-electron chi connectivity index (χ1n) is 5.93. The first kappa shape index (κ1) is 13.5. The lowest BCUT2D eigenvalue weighted by Crippen LogP contribution is -2.36. The predicted molar refractivity (Wildman–Crippen MR) is 67.8 cm³/mol.